The molecule has 4 aromatic rings. The van der Waals surface area contributed by atoms with Gasteiger partial charge >= 0.3 is 6.18 Å². The van der Waals surface area contributed by atoms with Crippen LogP contribution in [0.5, 0.6) is 0 Å². The largest absolute Gasteiger partial charge is 0.421 e. The summed E-state index contributed by atoms with van der Waals surface area (Å²) in [6.07, 6.45) is -1.23. The van der Waals surface area contributed by atoms with E-state index in [1.54, 1.807) is 16.6 Å². The number of hydrogen-bond donors (Lipinski definition) is 0. The van der Waals surface area contributed by atoms with Crippen LogP contribution in [-0.4, -0.2) is 31.5 Å². The van der Waals surface area contributed by atoms with E-state index in [2.05, 4.69) is 5.10 Å². The number of benzene rings is 2. The molecule has 0 spiro atoms. The topological polar surface area (TPSA) is 56.0 Å². The summed E-state index contributed by atoms with van der Waals surface area (Å²) in [6, 6.07) is 20.3. The molecular formula is C26H24F3N5O. The van der Waals surface area contributed by atoms with Crippen LogP contribution >= 0.6 is 0 Å². The molecule has 180 valence electrons. The van der Waals surface area contributed by atoms with Gasteiger partial charge in [-0.15, -0.1) is 0 Å². The lowest BCUT2D eigenvalue weighted by Crippen LogP contribution is -2.36. The standard InChI is InChI=1S/C26H24F3N5O/c1-32(17-34-25(35)22(26(27,28)29)14-23(30-34)18-12-13-18)15-20-16-33(21-10-6-3-7-11-21)31-24(20)19-8-4-2-5-9-19/h2-11,14,16,18H,12-13,15,17H2,1H3. The van der Waals surface area contributed by atoms with Crippen LogP contribution in [0.15, 0.2) is 77.7 Å². The van der Waals surface area contributed by atoms with Gasteiger partial charge in [-0.2, -0.15) is 23.4 Å². The van der Waals surface area contributed by atoms with Gasteiger partial charge < -0.3 is 0 Å². The third-order valence-corrected chi connectivity index (χ3v) is 5.97. The maximum atomic E-state index is 13.5. The molecule has 1 fully saturated rings. The maximum absolute atomic E-state index is 13.5. The zero-order valence-corrected chi connectivity index (χ0v) is 19.1. The van der Waals surface area contributed by atoms with Gasteiger partial charge in [-0.3, -0.25) is 9.69 Å². The van der Waals surface area contributed by atoms with E-state index in [-0.39, 0.29) is 12.6 Å². The number of para-hydroxylation sites is 1. The lowest BCUT2D eigenvalue weighted by Gasteiger charge is -2.19. The Balaban J connectivity index is 1.46. The van der Waals surface area contributed by atoms with Gasteiger partial charge in [0, 0.05) is 29.8 Å². The summed E-state index contributed by atoms with van der Waals surface area (Å²) >= 11 is 0. The quantitative estimate of drug-likeness (QED) is 0.371. The van der Waals surface area contributed by atoms with Gasteiger partial charge in [0.25, 0.3) is 5.56 Å². The Morgan fingerprint density at radius 1 is 1.00 bits per heavy atom. The first-order valence-electron chi connectivity index (χ1n) is 11.4. The second-order valence-corrected chi connectivity index (χ2v) is 8.86. The van der Waals surface area contributed by atoms with Gasteiger partial charge in [0.05, 0.1) is 23.7 Å². The molecule has 0 radical (unpaired) electrons. The van der Waals surface area contributed by atoms with Crippen molar-refractivity contribution in [3.8, 4) is 16.9 Å². The van der Waals surface area contributed by atoms with Crippen molar-refractivity contribution in [3.05, 3.63) is 100 Å². The summed E-state index contributed by atoms with van der Waals surface area (Å²) in [4.78, 5) is 14.4. The lowest BCUT2D eigenvalue weighted by atomic mass is 10.1. The minimum absolute atomic E-state index is 0.0120. The predicted molar refractivity (Wildman–Crippen MR) is 126 cm³/mol. The minimum atomic E-state index is -4.72. The molecule has 5 rings (SSSR count). The van der Waals surface area contributed by atoms with Crippen LogP contribution in [-0.2, 0) is 19.4 Å². The highest BCUT2D eigenvalue weighted by molar-refractivity contribution is 5.63. The van der Waals surface area contributed by atoms with Crippen LogP contribution in [0.25, 0.3) is 16.9 Å². The first-order chi connectivity index (χ1) is 16.8. The van der Waals surface area contributed by atoms with Gasteiger partial charge in [0.2, 0.25) is 0 Å². The molecule has 0 N–H and O–H groups in total. The summed E-state index contributed by atoms with van der Waals surface area (Å²) in [6.45, 7) is 0.285. The van der Waals surface area contributed by atoms with Gasteiger partial charge in [0.1, 0.15) is 5.56 Å². The number of alkyl halides is 3. The van der Waals surface area contributed by atoms with Crippen molar-refractivity contribution in [2.24, 2.45) is 0 Å². The Kier molecular flexibility index (Phi) is 6.02. The Bertz CT molecular complexity index is 1380. The molecule has 35 heavy (non-hydrogen) atoms. The summed E-state index contributed by atoms with van der Waals surface area (Å²) in [5, 5.41) is 9.04. The zero-order valence-electron chi connectivity index (χ0n) is 19.1. The van der Waals surface area contributed by atoms with E-state index in [1.165, 1.54) is 0 Å². The van der Waals surface area contributed by atoms with E-state index >= 15 is 0 Å². The van der Waals surface area contributed by atoms with Gasteiger partial charge in [0.15, 0.2) is 0 Å². The second kappa shape index (κ2) is 9.14. The summed E-state index contributed by atoms with van der Waals surface area (Å²) < 4.78 is 43.3. The Labute approximate surface area is 200 Å². The van der Waals surface area contributed by atoms with Crippen LogP contribution in [0.1, 0.15) is 35.6 Å². The lowest BCUT2D eigenvalue weighted by molar-refractivity contribution is -0.139. The highest BCUT2D eigenvalue weighted by atomic mass is 19.4. The number of rotatable bonds is 7. The van der Waals surface area contributed by atoms with Crippen molar-refractivity contribution in [2.75, 3.05) is 7.05 Å². The van der Waals surface area contributed by atoms with Crippen LogP contribution in [0, 0.1) is 0 Å². The zero-order chi connectivity index (χ0) is 24.6. The maximum Gasteiger partial charge on any atom is 0.421 e. The SMILES string of the molecule is CN(Cc1cn(-c2ccccc2)nc1-c1ccccc1)Cn1nc(C2CC2)cc(C(F)(F)F)c1=O. The molecular weight excluding hydrogens is 455 g/mol. The van der Waals surface area contributed by atoms with E-state index < -0.39 is 17.3 Å². The molecule has 0 bridgehead atoms. The molecule has 1 saturated carbocycles. The highest BCUT2D eigenvalue weighted by Gasteiger charge is 2.37. The van der Waals surface area contributed by atoms with Crippen LogP contribution in [0.4, 0.5) is 13.2 Å². The number of halogens is 3. The highest BCUT2D eigenvalue weighted by Crippen LogP contribution is 2.40. The van der Waals surface area contributed by atoms with Gasteiger partial charge in [-0.25, -0.2) is 9.36 Å². The molecule has 9 heteroatoms. The van der Waals surface area contributed by atoms with Crippen molar-refractivity contribution in [1.82, 2.24) is 24.5 Å². The number of nitrogens with zero attached hydrogens (tertiary/aromatic N) is 5. The molecule has 1 aliphatic rings. The molecule has 0 unspecified atom stereocenters. The average Bonchev–Trinajstić information content (AvgIpc) is 3.61. The van der Waals surface area contributed by atoms with Crippen molar-refractivity contribution < 1.29 is 13.2 Å². The first-order valence-corrected chi connectivity index (χ1v) is 11.4. The summed E-state index contributed by atoms with van der Waals surface area (Å²) in [5.74, 6) is -0.0120. The van der Waals surface area contributed by atoms with Crippen LogP contribution in [0.2, 0.25) is 0 Å². The van der Waals surface area contributed by atoms with Crippen LogP contribution < -0.4 is 5.56 Å². The molecule has 2 aromatic carbocycles. The molecule has 0 atom stereocenters. The second-order valence-electron chi connectivity index (χ2n) is 8.86. The summed E-state index contributed by atoms with van der Waals surface area (Å²) in [7, 11) is 1.75. The van der Waals surface area contributed by atoms with Crippen molar-refractivity contribution in [2.45, 2.75) is 38.1 Å². The van der Waals surface area contributed by atoms with E-state index in [0.717, 1.165) is 46.1 Å². The summed E-state index contributed by atoms with van der Waals surface area (Å²) in [5.41, 5.74) is 1.50. The molecule has 0 saturated heterocycles. The Hall–Kier alpha value is -3.72. The minimum Gasteiger partial charge on any atom is -0.283 e. The monoisotopic (exact) mass is 479 g/mol. The Morgan fingerprint density at radius 3 is 2.29 bits per heavy atom. The van der Waals surface area contributed by atoms with E-state index in [4.69, 9.17) is 5.10 Å². The number of aromatic nitrogens is 4. The van der Waals surface area contributed by atoms with Crippen molar-refractivity contribution >= 4 is 0 Å². The van der Waals surface area contributed by atoms with Crippen molar-refractivity contribution in [3.63, 3.8) is 0 Å². The van der Waals surface area contributed by atoms with E-state index in [0.29, 0.717) is 12.2 Å². The fourth-order valence-electron chi connectivity index (χ4n) is 4.09. The molecule has 2 aromatic heterocycles. The van der Waals surface area contributed by atoms with Crippen molar-refractivity contribution in [1.29, 1.82) is 0 Å². The van der Waals surface area contributed by atoms with Crippen LogP contribution in [0.3, 0.4) is 0 Å². The van der Waals surface area contributed by atoms with Gasteiger partial charge in [-0.1, -0.05) is 48.5 Å². The third-order valence-electron chi connectivity index (χ3n) is 5.97. The molecule has 2 heterocycles. The van der Waals surface area contributed by atoms with E-state index in [9.17, 15) is 18.0 Å². The molecule has 6 nitrogen and oxygen atoms in total. The fourth-order valence-corrected chi connectivity index (χ4v) is 4.09. The van der Waals surface area contributed by atoms with Gasteiger partial charge in [-0.05, 0) is 38.1 Å². The molecule has 0 aliphatic heterocycles. The fraction of sp³-hybridized carbons (Fsp3) is 0.269. The molecule has 1 aliphatic carbocycles. The average molecular weight is 480 g/mol. The normalized spacial score (nSPS) is 14.0. The van der Waals surface area contributed by atoms with E-state index in [1.807, 2.05) is 66.9 Å². The third kappa shape index (κ3) is 5.05. The predicted octanol–water partition coefficient (Wildman–Crippen LogP) is 5.08. The smallest absolute Gasteiger partial charge is 0.283 e. The first kappa shape index (κ1) is 23.0. The Morgan fingerprint density at radius 2 is 1.66 bits per heavy atom. The molecule has 0 amide bonds. The number of hydrogen-bond acceptors (Lipinski definition) is 4.